The second-order valence-corrected chi connectivity index (χ2v) is 9.15. The van der Waals surface area contributed by atoms with Crippen molar-refractivity contribution >= 4 is 34.8 Å². The van der Waals surface area contributed by atoms with Gasteiger partial charge in [0.05, 0.1) is 23.5 Å². The van der Waals surface area contributed by atoms with Crippen LogP contribution in [0.15, 0.2) is 36.9 Å². The Bertz CT molecular complexity index is 1170. The minimum absolute atomic E-state index is 0.00577. The van der Waals surface area contributed by atoms with Gasteiger partial charge in [0.1, 0.15) is 11.6 Å². The molecule has 2 unspecified atom stereocenters. The van der Waals surface area contributed by atoms with Crippen molar-refractivity contribution in [3.63, 3.8) is 0 Å². The highest BCUT2D eigenvalue weighted by Crippen LogP contribution is 2.30. The zero-order valence-electron chi connectivity index (χ0n) is 20.3. The predicted octanol–water partition coefficient (Wildman–Crippen LogP) is 2.70. The Morgan fingerprint density at radius 3 is 2.50 bits per heavy atom. The van der Waals surface area contributed by atoms with Crippen LogP contribution in [-0.4, -0.2) is 61.2 Å². The highest BCUT2D eigenvalue weighted by molar-refractivity contribution is 5.98. The van der Waals surface area contributed by atoms with E-state index in [0.717, 1.165) is 6.07 Å². The van der Waals surface area contributed by atoms with Gasteiger partial charge in [0.25, 0.3) is 5.91 Å². The Balaban J connectivity index is 1.57. The van der Waals surface area contributed by atoms with E-state index in [1.807, 2.05) is 18.7 Å². The fourth-order valence-corrected chi connectivity index (χ4v) is 4.67. The van der Waals surface area contributed by atoms with Gasteiger partial charge in [-0.25, -0.2) is 13.8 Å². The molecule has 3 heterocycles. The molecule has 2 aromatic rings. The summed E-state index contributed by atoms with van der Waals surface area (Å²) >= 11 is 0. The van der Waals surface area contributed by atoms with E-state index in [1.165, 1.54) is 12.1 Å². The lowest BCUT2D eigenvalue weighted by Gasteiger charge is -2.37. The minimum Gasteiger partial charge on any atom is -0.372 e. The molecule has 2 saturated heterocycles. The third kappa shape index (κ3) is 5.56. The maximum atomic E-state index is 15.1. The second kappa shape index (κ2) is 10.5. The van der Waals surface area contributed by atoms with Crippen molar-refractivity contribution in [2.24, 2.45) is 5.73 Å². The number of rotatable bonds is 7. The van der Waals surface area contributed by atoms with Gasteiger partial charge in [0.15, 0.2) is 11.6 Å². The van der Waals surface area contributed by atoms with Crippen LogP contribution in [-0.2, 0) is 9.53 Å². The van der Waals surface area contributed by atoms with Crippen LogP contribution < -0.4 is 26.2 Å². The molecule has 2 aliphatic heterocycles. The van der Waals surface area contributed by atoms with E-state index >= 15 is 4.39 Å². The van der Waals surface area contributed by atoms with Crippen molar-refractivity contribution in [3.05, 3.63) is 54.1 Å². The zero-order valence-corrected chi connectivity index (χ0v) is 20.3. The first-order valence-electron chi connectivity index (χ1n) is 11.8. The van der Waals surface area contributed by atoms with Gasteiger partial charge in [0, 0.05) is 37.9 Å². The summed E-state index contributed by atoms with van der Waals surface area (Å²) in [5, 5.41) is 5.70. The van der Waals surface area contributed by atoms with Crippen LogP contribution in [0, 0.1) is 11.6 Å². The number of nitrogens with two attached hydrogens (primary N) is 1. The van der Waals surface area contributed by atoms with Gasteiger partial charge >= 0.3 is 0 Å². The standard InChI is InChI=1S/C25H30F2N6O3/c1-4-22(34)29-17-7-8-32(13-17)25-20(27)10-18(23(28)35)24(31-25)30-16-5-6-21(19(26)9-16)33-11-14(2)36-15(3)12-33/h4-6,9-10,14-15,17H,1,7-8,11-13H2,2-3H3,(H2,28,35)(H,29,34)(H,30,31)/t14?,15?,17-/m0/s1. The summed E-state index contributed by atoms with van der Waals surface area (Å²) in [5.41, 5.74) is 6.07. The fraction of sp³-hybridized carbons (Fsp3) is 0.400. The molecule has 3 atom stereocenters. The SMILES string of the molecule is C=CC(=O)N[C@H]1CCN(c2nc(Nc3ccc(N4CC(C)OC(C)C4)c(F)c3)c(C(N)=O)cc2F)C1. The number of primary amides is 1. The molecule has 11 heteroatoms. The number of carbonyl (C=O) groups excluding carboxylic acids is 2. The second-order valence-electron chi connectivity index (χ2n) is 9.15. The van der Waals surface area contributed by atoms with Crippen LogP contribution in [0.5, 0.6) is 0 Å². The number of pyridine rings is 1. The summed E-state index contributed by atoms with van der Waals surface area (Å²) in [5.74, 6) is -2.34. The number of nitrogens with zero attached hydrogens (tertiary/aromatic N) is 3. The van der Waals surface area contributed by atoms with E-state index in [2.05, 4.69) is 22.2 Å². The van der Waals surface area contributed by atoms with Crippen molar-refractivity contribution in [3.8, 4) is 0 Å². The number of hydrogen-bond acceptors (Lipinski definition) is 7. The number of anilines is 4. The van der Waals surface area contributed by atoms with Crippen LogP contribution in [0.1, 0.15) is 30.6 Å². The summed E-state index contributed by atoms with van der Waals surface area (Å²) in [7, 11) is 0. The third-order valence-corrected chi connectivity index (χ3v) is 6.21. The molecule has 0 bridgehead atoms. The molecule has 0 aliphatic carbocycles. The lowest BCUT2D eigenvalue weighted by atomic mass is 10.1. The number of halogens is 2. The van der Waals surface area contributed by atoms with E-state index in [1.54, 1.807) is 17.0 Å². The molecule has 0 saturated carbocycles. The van der Waals surface area contributed by atoms with Crippen molar-refractivity contribution in [1.29, 1.82) is 0 Å². The molecule has 9 nitrogen and oxygen atoms in total. The summed E-state index contributed by atoms with van der Waals surface area (Å²) < 4.78 is 35.7. The lowest BCUT2D eigenvalue weighted by Crippen LogP contribution is -2.45. The van der Waals surface area contributed by atoms with E-state index < -0.39 is 17.5 Å². The van der Waals surface area contributed by atoms with Gasteiger partial charge in [-0.1, -0.05) is 6.58 Å². The Labute approximate surface area is 208 Å². The molecule has 36 heavy (non-hydrogen) atoms. The summed E-state index contributed by atoms with van der Waals surface area (Å²) in [6.45, 7) is 9.21. The van der Waals surface area contributed by atoms with Crippen molar-refractivity contribution in [2.45, 2.75) is 38.5 Å². The van der Waals surface area contributed by atoms with Gasteiger partial charge in [-0.15, -0.1) is 0 Å². The monoisotopic (exact) mass is 500 g/mol. The van der Waals surface area contributed by atoms with Crippen LogP contribution >= 0.6 is 0 Å². The van der Waals surface area contributed by atoms with E-state index in [0.29, 0.717) is 44.0 Å². The number of amides is 2. The summed E-state index contributed by atoms with van der Waals surface area (Å²) in [4.78, 5) is 31.5. The maximum absolute atomic E-state index is 15.1. The number of nitrogens with one attached hydrogen (secondary N) is 2. The normalized spacial score (nSPS) is 21.8. The highest BCUT2D eigenvalue weighted by atomic mass is 19.1. The number of hydrogen-bond donors (Lipinski definition) is 3. The van der Waals surface area contributed by atoms with Crippen molar-refractivity contribution < 1.29 is 23.1 Å². The molecule has 1 aromatic heterocycles. The predicted molar refractivity (Wildman–Crippen MR) is 134 cm³/mol. The van der Waals surface area contributed by atoms with Crippen LogP contribution in [0.2, 0.25) is 0 Å². The fourth-order valence-electron chi connectivity index (χ4n) is 4.67. The smallest absolute Gasteiger partial charge is 0.252 e. The third-order valence-electron chi connectivity index (χ3n) is 6.21. The first kappa shape index (κ1) is 25.4. The Morgan fingerprint density at radius 2 is 1.86 bits per heavy atom. The quantitative estimate of drug-likeness (QED) is 0.501. The van der Waals surface area contributed by atoms with Crippen LogP contribution in [0.3, 0.4) is 0 Å². The average Bonchev–Trinajstić information content (AvgIpc) is 3.27. The number of carbonyl (C=O) groups is 2. The average molecular weight is 501 g/mol. The van der Waals surface area contributed by atoms with Gasteiger partial charge in [0.2, 0.25) is 5.91 Å². The van der Waals surface area contributed by atoms with E-state index in [-0.39, 0.29) is 41.4 Å². The van der Waals surface area contributed by atoms with Crippen LogP contribution in [0.25, 0.3) is 0 Å². The molecule has 4 N–H and O–H groups in total. The van der Waals surface area contributed by atoms with Crippen LogP contribution in [0.4, 0.5) is 31.8 Å². The topological polar surface area (TPSA) is 113 Å². The maximum Gasteiger partial charge on any atom is 0.252 e. The molecule has 2 fully saturated rings. The lowest BCUT2D eigenvalue weighted by molar-refractivity contribution is -0.117. The minimum atomic E-state index is -0.874. The van der Waals surface area contributed by atoms with Crippen molar-refractivity contribution in [2.75, 3.05) is 41.3 Å². The first-order valence-corrected chi connectivity index (χ1v) is 11.8. The number of ether oxygens (including phenoxy) is 1. The van der Waals surface area contributed by atoms with E-state index in [9.17, 15) is 14.0 Å². The number of aromatic nitrogens is 1. The molecule has 0 radical (unpaired) electrons. The molecule has 0 spiro atoms. The molecule has 192 valence electrons. The van der Waals surface area contributed by atoms with Crippen molar-refractivity contribution in [1.82, 2.24) is 10.3 Å². The van der Waals surface area contributed by atoms with E-state index in [4.69, 9.17) is 10.5 Å². The highest BCUT2D eigenvalue weighted by Gasteiger charge is 2.28. The van der Waals surface area contributed by atoms with Gasteiger partial charge < -0.3 is 30.9 Å². The summed E-state index contributed by atoms with van der Waals surface area (Å²) in [6, 6.07) is 5.42. The zero-order chi connectivity index (χ0) is 26.0. The largest absolute Gasteiger partial charge is 0.372 e. The molecular weight excluding hydrogens is 470 g/mol. The Kier molecular flexibility index (Phi) is 7.39. The molecule has 2 amide bonds. The Hall–Kier alpha value is -3.73. The Morgan fingerprint density at radius 1 is 1.14 bits per heavy atom. The molecule has 2 aliphatic rings. The van der Waals surface area contributed by atoms with Gasteiger partial charge in [-0.05, 0) is 50.6 Å². The van der Waals surface area contributed by atoms with Gasteiger partial charge in [-0.3, -0.25) is 9.59 Å². The molecule has 4 rings (SSSR count). The van der Waals surface area contributed by atoms with Gasteiger partial charge in [-0.2, -0.15) is 0 Å². The first-order chi connectivity index (χ1) is 17.1. The number of morpholine rings is 1. The number of benzene rings is 1. The molecule has 1 aromatic carbocycles. The molecular formula is C25H30F2N6O3. The summed E-state index contributed by atoms with van der Waals surface area (Å²) in [6.07, 6.45) is 1.71.